The van der Waals surface area contributed by atoms with Crippen molar-refractivity contribution in [3.8, 4) is 61.8 Å². The number of rotatable bonds is 4. The number of imidazole rings is 1. The van der Waals surface area contributed by atoms with Crippen molar-refractivity contribution in [1.29, 1.82) is 0 Å². The van der Waals surface area contributed by atoms with E-state index in [-0.39, 0.29) is 0 Å². The van der Waals surface area contributed by atoms with Crippen LogP contribution in [0.3, 0.4) is 0 Å². The SMILES string of the molecule is c1ccc(-c2nc(-c3ccc4c(c3)oc3cc5c(cc34)C3(c4ccccc4-c4ccccc43)c3cccc4cccc-5c34)n(-c3ccccc3)c2-c2ccccc2)cc1. The summed E-state index contributed by atoms with van der Waals surface area (Å²) in [6.45, 7) is 0. The Labute approximate surface area is 341 Å². The van der Waals surface area contributed by atoms with E-state index in [9.17, 15) is 0 Å². The summed E-state index contributed by atoms with van der Waals surface area (Å²) in [7, 11) is 0. The van der Waals surface area contributed by atoms with E-state index >= 15 is 0 Å². The highest BCUT2D eigenvalue weighted by molar-refractivity contribution is 6.12. The molecule has 2 aromatic heterocycles. The Morgan fingerprint density at radius 2 is 1.00 bits per heavy atom. The Morgan fingerprint density at radius 3 is 1.73 bits per heavy atom. The van der Waals surface area contributed by atoms with Crippen molar-refractivity contribution >= 4 is 32.7 Å². The second kappa shape index (κ2) is 12.1. The lowest BCUT2D eigenvalue weighted by Gasteiger charge is -2.40. The lowest BCUT2D eigenvalue weighted by molar-refractivity contribution is 0.668. The maximum absolute atomic E-state index is 6.97. The van der Waals surface area contributed by atoms with Crippen LogP contribution in [0, 0.1) is 0 Å². The maximum Gasteiger partial charge on any atom is 0.145 e. The average Bonchev–Trinajstić information content (AvgIpc) is 3.97. The Hall–Kier alpha value is -7.75. The van der Waals surface area contributed by atoms with Gasteiger partial charge in [-0.1, -0.05) is 170 Å². The van der Waals surface area contributed by atoms with Crippen molar-refractivity contribution < 1.29 is 4.42 Å². The van der Waals surface area contributed by atoms with Crippen molar-refractivity contribution in [3.63, 3.8) is 0 Å². The first kappa shape index (κ1) is 32.3. The molecule has 0 amide bonds. The summed E-state index contributed by atoms with van der Waals surface area (Å²) >= 11 is 0. The Bertz CT molecular complexity index is 3430. The molecule has 1 spiro atoms. The summed E-state index contributed by atoms with van der Waals surface area (Å²) in [5, 5.41) is 4.75. The third kappa shape index (κ3) is 4.39. The van der Waals surface area contributed by atoms with E-state index in [0.717, 1.165) is 61.5 Å². The number of hydrogen-bond acceptors (Lipinski definition) is 2. The second-order valence-corrected chi connectivity index (χ2v) is 15.8. The van der Waals surface area contributed by atoms with Crippen LogP contribution in [0.5, 0.6) is 0 Å². The number of aromatic nitrogens is 2. The first-order valence-corrected chi connectivity index (χ1v) is 20.3. The molecule has 59 heavy (non-hydrogen) atoms. The number of fused-ring (bicyclic) bond motifs is 12. The van der Waals surface area contributed by atoms with Crippen LogP contribution in [0.4, 0.5) is 0 Å². The van der Waals surface area contributed by atoms with E-state index in [4.69, 9.17) is 9.40 Å². The molecule has 2 heterocycles. The second-order valence-electron chi connectivity index (χ2n) is 15.8. The predicted molar refractivity (Wildman–Crippen MR) is 241 cm³/mol. The van der Waals surface area contributed by atoms with Gasteiger partial charge in [0.15, 0.2) is 0 Å². The highest BCUT2D eigenvalue weighted by Crippen LogP contribution is 2.62. The molecule has 0 atom stereocenters. The van der Waals surface area contributed by atoms with Crippen LogP contribution in [0.2, 0.25) is 0 Å². The van der Waals surface area contributed by atoms with E-state index in [1.54, 1.807) is 0 Å². The van der Waals surface area contributed by atoms with Crippen LogP contribution >= 0.6 is 0 Å². The molecule has 2 aliphatic rings. The van der Waals surface area contributed by atoms with Crippen LogP contribution < -0.4 is 0 Å². The van der Waals surface area contributed by atoms with Gasteiger partial charge < -0.3 is 4.42 Å². The summed E-state index contributed by atoms with van der Waals surface area (Å²) in [6.07, 6.45) is 0. The molecular formula is C56H34N2O. The van der Waals surface area contributed by atoms with Crippen LogP contribution in [-0.2, 0) is 5.41 Å². The van der Waals surface area contributed by atoms with Crippen LogP contribution in [0.1, 0.15) is 22.3 Å². The molecule has 0 saturated heterocycles. The minimum absolute atomic E-state index is 0.490. The lowest BCUT2D eigenvalue weighted by atomic mass is 9.61. The number of nitrogens with zero attached hydrogens (tertiary/aromatic N) is 2. The molecule has 0 unspecified atom stereocenters. The van der Waals surface area contributed by atoms with E-state index in [2.05, 4.69) is 211 Å². The van der Waals surface area contributed by atoms with Crippen molar-refractivity contribution in [2.45, 2.75) is 5.41 Å². The topological polar surface area (TPSA) is 31.0 Å². The molecule has 0 saturated carbocycles. The summed E-state index contributed by atoms with van der Waals surface area (Å²) in [5.74, 6) is 0.857. The fourth-order valence-electron chi connectivity index (χ4n) is 10.4. The average molecular weight is 751 g/mol. The van der Waals surface area contributed by atoms with Crippen molar-refractivity contribution in [1.82, 2.24) is 9.55 Å². The largest absolute Gasteiger partial charge is 0.456 e. The molecule has 0 fully saturated rings. The molecule has 13 rings (SSSR count). The van der Waals surface area contributed by atoms with Crippen molar-refractivity contribution in [2.75, 3.05) is 0 Å². The zero-order valence-corrected chi connectivity index (χ0v) is 31.9. The molecule has 0 aliphatic heterocycles. The van der Waals surface area contributed by atoms with Gasteiger partial charge in [0.2, 0.25) is 0 Å². The molecule has 9 aromatic carbocycles. The summed E-state index contributed by atoms with van der Waals surface area (Å²) in [6, 6.07) is 74.6. The molecule has 0 radical (unpaired) electrons. The number of para-hydroxylation sites is 1. The molecular weight excluding hydrogens is 717 g/mol. The third-order valence-electron chi connectivity index (χ3n) is 12.8. The van der Waals surface area contributed by atoms with Crippen LogP contribution in [0.15, 0.2) is 211 Å². The normalized spacial score (nSPS) is 13.2. The molecule has 0 bridgehead atoms. The minimum atomic E-state index is -0.490. The summed E-state index contributed by atoms with van der Waals surface area (Å²) in [5.41, 5.74) is 17.7. The first-order chi connectivity index (χ1) is 29.3. The van der Waals surface area contributed by atoms with Crippen molar-refractivity contribution in [2.24, 2.45) is 0 Å². The molecule has 0 N–H and O–H groups in total. The predicted octanol–water partition coefficient (Wildman–Crippen LogP) is 14.3. The number of hydrogen-bond donors (Lipinski definition) is 0. The van der Waals surface area contributed by atoms with Gasteiger partial charge in [-0.25, -0.2) is 4.98 Å². The van der Waals surface area contributed by atoms with Gasteiger partial charge in [0, 0.05) is 33.2 Å². The van der Waals surface area contributed by atoms with Crippen LogP contribution in [-0.4, -0.2) is 9.55 Å². The van der Waals surface area contributed by atoms with E-state index < -0.39 is 5.41 Å². The van der Waals surface area contributed by atoms with Gasteiger partial charge in [0.05, 0.1) is 16.8 Å². The first-order valence-electron chi connectivity index (χ1n) is 20.3. The van der Waals surface area contributed by atoms with Gasteiger partial charge in [-0.05, 0) is 91.7 Å². The van der Waals surface area contributed by atoms with Gasteiger partial charge in [-0.3, -0.25) is 4.57 Å². The maximum atomic E-state index is 6.97. The molecule has 11 aromatic rings. The summed E-state index contributed by atoms with van der Waals surface area (Å²) in [4.78, 5) is 5.48. The highest BCUT2D eigenvalue weighted by Gasteiger charge is 2.50. The smallest absolute Gasteiger partial charge is 0.145 e. The molecule has 274 valence electrons. The molecule has 3 nitrogen and oxygen atoms in total. The Kier molecular flexibility index (Phi) is 6.65. The molecule has 2 aliphatic carbocycles. The summed E-state index contributed by atoms with van der Waals surface area (Å²) < 4.78 is 9.27. The monoisotopic (exact) mass is 750 g/mol. The number of furan rings is 1. The Morgan fingerprint density at radius 1 is 0.407 bits per heavy atom. The third-order valence-corrected chi connectivity index (χ3v) is 12.8. The molecule has 3 heteroatoms. The van der Waals surface area contributed by atoms with Crippen molar-refractivity contribution in [3.05, 3.63) is 229 Å². The standard InChI is InChI=1S/C56H34N2O/c1-4-16-36(17-5-1)53-54(37-18-6-2-7-19-37)58(39-22-8-3-9-23-39)55(57-53)38-30-31-42-45-33-49-44(34-51(45)59-50(42)32-38)43-26-14-20-35-21-15-29-48(52(35)43)56(49)46-27-12-10-24-40(46)41-25-11-13-28-47(41)56/h1-34H. The van der Waals surface area contributed by atoms with Gasteiger partial charge in [0.1, 0.15) is 17.0 Å². The lowest BCUT2D eigenvalue weighted by Crippen LogP contribution is -2.31. The quantitative estimate of drug-likeness (QED) is 0.179. The van der Waals surface area contributed by atoms with E-state index in [1.807, 2.05) is 0 Å². The zero-order valence-electron chi connectivity index (χ0n) is 31.9. The van der Waals surface area contributed by atoms with Gasteiger partial charge in [0.25, 0.3) is 0 Å². The van der Waals surface area contributed by atoms with Gasteiger partial charge in [-0.15, -0.1) is 0 Å². The zero-order chi connectivity index (χ0) is 38.7. The fourth-order valence-corrected chi connectivity index (χ4v) is 10.4. The minimum Gasteiger partial charge on any atom is -0.456 e. The van der Waals surface area contributed by atoms with E-state index in [1.165, 1.54) is 55.3 Å². The van der Waals surface area contributed by atoms with Crippen LogP contribution in [0.25, 0.3) is 94.6 Å². The fraction of sp³-hybridized carbons (Fsp3) is 0.0179. The highest BCUT2D eigenvalue weighted by atomic mass is 16.3. The van der Waals surface area contributed by atoms with Gasteiger partial charge >= 0.3 is 0 Å². The van der Waals surface area contributed by atoms with Gasteiger partial charge in [-0.2, -0.15) is 0 Å². The number of benzene rings is 9. The van der Waals surface area contributed by atoms with E-state index in [0.29, 0.717) is 0 Å². The Balaban J connectivity index is 1.09.